The zero-order chi connectivity index (χ0) is 11.0. The van der Waals surface area contributed by atoms with Gasteiger partial charge in [0.2, 0.25) is 0 Å². The van der Waals surface area contributed by atoms with Gasteiger partial charge in [0, 0.05) is 23.7 Å². The van der Waals surface area contributed by atoms with Crippen molar-refractivity contribution in [2.24, 2.45) is 0 Å². The summed E-state index contributed by atoms with van der Waals surface area (Å²) in [5.74, 6) is 0. The number of fused-ring (bicyclic) bond motifs is 1. The molecular formula is C13H17N3. The van der Waals surface area contributed by atoms with Crippen LogP contribution >= 0.6 is 0 Å². The Hall–Kier alpha value is -1.48. The summed E-state index contributed by atoms with van der Waals surface area (Å²) in [6.07, 6.45) is 4.02. The lowest BCUT2D eigenvalue weighted by molar-refractivity contribution is 0.337. The summed E-state index contributed by atoms with van der Waals surface area (Å²) in [6.45, 7) is 0.915. The van der Waals surface area contributed by atoms with Crippen LogP contribution in [0.5, 0.6) is 0 Å². The zero-order valence-corrected chi connectivity index (χ0v) is 9.29. The van der Waals surface area contributed by atoms with Crippen molar-refractivity contribution in [1.29, 1.82) is 0 Å². The molecule has 1 aromatic heterocycles. The van der Waals surface area contributed by atoms with E-state index < -0.39 is 0 Å². The Morgan fingerprint density at radius 1 is 1.38 bits per heavy atom. The highest BCUT2D eigenvalue weighted by Gasteiger charge is 2.16. The fourth-order valence-corrected chi connectivity index (χ4v) is 2.20. The maximum absolute atomic E-state index is 5.91. The van der Waals surface area contributed by atoms with Crippen molar-refractivity contribution >= 4 is 16.6 Å². The molecule has 3 nitrogen and oxygen atoms in total. The topological polar surface area (TPSA) is 53.8 Å². The Balaban J connectivity index is 1.79. The molecule has 0 spiro atoms. The van der Waals surface area contributed by atoms with Crippen LogP contribution in [0.15, 0.2) is 24.3 Å². The predicted octanol–water partition coefficient (Wildman–Crippen LogP) is 2.39. The van der Waals surface area contributed by atoms with Gasteiger partial charge in [-0.05, 0) is 25.0 Å². The number of hydrogen-bond donors (Lipinski definition) is 3. The molecule has 1 saturated carbocycles. The third-order valence-electron chi connectivity index (χ3n) is 3.43. The average Bonchev–Trinajstić information content (AvgIpc) is 2.60. The number of hydrogen-bond acceptors (Lipinski definition) is 2. The minimum absolute atomic E-state index is 0.726. The number of H-pyrrole nitrogens is 1. The molecule has 1 aliphatic rings. The van der Waals surface area contributed by atoms with Crippen molar-refractivity contribution in [3.8, 4) is 0 Å². The molecule has 4 N–H and O–H groups in total. The molecule has 0 bridgehead atoms. The Morgan fingerprint density at radius 3 is 2.94 bits per heavy atom. The second kappa shape index (κ2) is 3.83. The number of aromatic amines is 1. The standard InChI is InChI=1S/C13H17N3/c14-12-6-1-3-9-7-11(16-13(9)12)8-15-10-4-2-5-10/h1,3,6-7,10,15-16H,2,4-5,8,14H2. The molecule has 0 unspecified atom stereocenters. The van der Waals surface area contributed by atoms with Crippen LogP contribution in [0.1, 0.15) is 25.0 Å². The van der Waals surface area contributed by atoms with Crippen LogP contribution in [0.25, 0.3) is 10.9 Å². The van der Waals surface area contributed by atoms with Crippen LogP contribution in [-0.4, -0.2) is 11.0 Å². The number of anilines is 1. The van der Waals surface area contributed by atoms with Crippen LogP contribution in [0.3, 0.4) is 0 Å². The van der Waals surface area contributed by atoms with Crippen molar-refractivity contribution in [2.75, 3.05) is 5.73 Å². The van der Waals surface area contributed by atoms with Gasteiger partial charge in [0.05, 0.1) is 11.2 Å². The number of nitrogens with one attached hydrogen (secondary N) is 2. The van der Waals surface area contributed by atoms with E-state index in [-0.39, 0.29) is 0 Å². The second-order valence-electron chi connectivity index (χ2n) is 4.61. The SMILES string of the molecule is Nc1cccc2cc(CNC3CCC3)[nH]c12. The highest BCUT2D eigenvalue weighted by Crippen LogP contribution is 2.22. The minimum atomic E-state index is 0.726. The molecule has 1 aliphatic carbocycles. The monoisotopic (exact) mass is 215 g/mol. The van der Waals surface area contributed by atoms with Crippen LogP contribution in [0.2, 0.25) is 0 Å². The van der Waals surface area contributed by atoms with Crippen LogP contribution in [-0.2, 0) is 6.54 Å². The van der Waals surface area contributed by atoms with Gasteiger partial charge in [-0.3, -0.25) is 0 Å². The van der Waals surface area contributed by atoms with Crippen LogP contribution in [0, 0.1) is 0 Å². The van der Waals surface area contributed by atoms with Crippen molar-refractivity contribution in [3.05, 3.63) is 30.0 Å². The zero-order valence-electron chi connectivity index (χ0n) is 9.29. The molecule has 1 aromatic carbocycles. The molecule has 1 heterocycles. The van der Waals surface area contributed by atoms with Gasteiger partial charge in [-0.2, -0.15) is 0 Å². The van der Waals surface area contributed by atoms with E-state index in [2.05, 4.69) is 22.4 Å². The van der Waals surface area contributed by atoms with E-state index in [0.29, 0.717) is 0 Å². The minimum Gasteiger partial charge on any atom is -0.397 e. The maximum atomic E-state index is 5.91. The summed E-state index contributed by atoms with van der Waals surface area (Å²) >= 11 is 0. The molecule has 0 aliphatic heterocycles. The van der Waals surface area contributed by atoms with Gasteiger partial charge in [0.1, 0.15) is 0 Å². The summed E-state index contributed by atoms with van der Waals surface area (Å²) in [5, 5.41) is 4.74. The lowest BCUT2D eigenvalue weighted by Crippen LogP contribution is -2.34. The molecule has 2 aromatic rings. The fourth-order valence-electron chi connectivity index (χ4n) is 2.20. The number of nitrogen functional groups attached to an aromatic ring is 1. The lowest BCUT2D eigenvalue weighted by atomic mass is 9.93. The van der Waals surface area contributed by atoms with Gasteiger partial charge in [-0.15, -0.1) is 0 Å². The third-order valence-corrected chi connectivity index (χ3v) is 3.43. The Kier molecular flexibility index (Phi) is 2.33. The number of nitrogens with two attached hydrogens (primary N) is 1. The van der Waals surface area contributed by atoms with E-state index in [1.165, 1.54) is 30.3 Å². The lowest BCUT2D eigenvalue weighted by Gasteiger charge is -2.26. The van der Waals surface area contributed by atoms with E-state index in [1.54, 1.807) is 0 Å². The van der Waals surface area contributed by atoms with Gasteiger partial charge in [0.25, 0.3) is 0 Å². The predicted molar refractivity (Wildman–Crippen MR) is 67.2 cm³/mol. The summed E-state index contributed by atoms with van der Waals surface area (Å²) in [7, 11) is 0. The van der Waals surface area contributed by atoms with Gasteiger partial charge >= 0.3 is 0 Å². The van der Waals surface area contributed by atoms with Crippen LogP contribution < -0.4 is 11.1 Å². The molecule has 0 radical (unpaired) electrons. The van der Waals surface area contributed by atoms with Crippen molar-refractivity contribution in [3.63, 3.8) is 0 Å². The quantitative estimate of drug-likeness (QED) is 0.689. The van der Waals surface area contributed by atoms with E-state index in [1.807, 2.05) is 12.1 Å². The molecule has 1 fully saturated rings. The Bertz CT molecular complexity index is 497. The molecule has 0 saturated heterocycles. The first-order valence-corrected chi connectivity index (χ1v) is 5.92. The molecule has 3 heteroatoms. The highest BCUT2D eigenvalue weighted by atomic mass is 14.9. The van der Waals surface area contributed by atoms with E-state index in [0.717, 1.165) is 23.8 Å². The summed E-state index contributed by atoms with van der Waals surface area (Å²) in [6, 6.07) is 8.92. The van der Waals surface area contributed by atoms with E-state index in [4.69, 9.17) is 5.73 Å². The summed E-state index contributed by atoms with van der Waals surface area (Å²) in [4.78, 5) is 3.38. The number of rotatable bonds is 3. The fraction of sp³-hybridized carbons (Fsp3) is 0.385. The van der Waals surface area contributed by atoms with E-state index in [9.17, 15) is 0 Å². The van der Waals surface area contributed by atoms with Crippen LogP contribution in [0.4, 0.5) is 5.69 Å². The first-order valence-electron chi connectivity index (χ1n) is 5.92. The van der Waals surface area contributed by atoms with Gasteiger partial charge in [0.15, 0.2) is 0 Å². The Morgan fingerprint density at radius 2 is 2.25 bits per heavy atom. The molecule has 0 amide bonds. The highest BCUT2D eigenvalue weighted by molar-refractivity contribution is 5.90. The van der Waals surface area contributed by atoms with Gasteiger partial charge in [-0.25, -0.2) is 0 Å². The summed E-state index contributed by atoms with van der Waals surface area (Å²) in [5.41, 5.74) is 9.02. The number of para-hydroxylation sites is 1. The van der Waals surface area contributed by atoms with Gasteiger partial charge in [-0.1, -0.05) is 18.6 Å². The third kappa shape index (κ3) is 1.67. The smallest absolute Gasteiger partial charge is 0.0690 e. The first-order chi connectivity index (χ1) is 7.83. The largest absolute Gasteiger partial charge is 0.397 e. The molecular weight excluding hydrogens is 198 g/mol. The van der Waals surface area contributed by atoms with Crippen molar-refractivity contribution < 1.29 is 0 Å². The molecule has 3 rings (SSSR count). The molecule has 0 atom stereocenters. The van der Waals surface area contributed by atoms with Crippen molar-refractivity contribution in [1.82, 2.24) is 10.3 Å². The second-order valence-corrected chi connectivity index (χ2v) is 4.61. The van der Waals surface area contributed by atoms with Gasteiger partial charge < -0.3 is 16.0 Å². The Labute approximate surface area is 95.0 Å². The summed E-state index contributed by atoms with van der Waals surface area (Å²) < 4.78 is 0. The average molecular weight is 215 g/mol. The maximum Gasteiger partial charge on any atom is 0.0690 e. The molecule has 16 heavy (non-hydrogen) atoms. The van der Waals surface area contributed by atoms with Crippen molar-refractivity contribution in [2.45, 2.75) is 31.8 Å². The normalized spacial score (nSPS) is 16.5. The number of aromatic nitrogens is 1. The van der Waals surface area contributed by atoms with E-state index >= 15 is 0 Å². The number of benzene rings is 1. The molecule has 84 valence electrons. The first kappa shape index (κ1) is 9.73.